The number of carbonyl (C=O) groups is 1. The van der Waals surface area contributed by atoms with E-state index in [9.17, 15) is 9.18 Å². The third-order valence-corrected chi connectivity index (χ3v) is 4.40. The monoisotopic (exact) mass is 301 g/mol. The van der Waals surface area contributed by atoms with Crippen molar-refractivity contribution in [1.82, 2.24) is 15.2 Å². The molecule has 4 nitrogen and oxygen atoms in total. The molecular formula is C17H20FN3O. The highest BCUT2D eigenvalue weighted by Gasteiger charge is 2.33. The van der Waals surface area contributed by atoms with Crippen molar-refractivity contribution in [2.45, 2.75) is 25.8 Å². The van der Waals surface area contributed by atoms with Gasteiger partial charge in [0.2, 0.25) is 0 Å². The fraction of sp³-hybridized carbons (Fsp3) is 0.412. The van der Waals surface area contributed by atoms with Crippen LogP contribution in [0.3, 0.4) is 0 Å². The lowest BCUT2D eigenvalue weighted by Gasteiger charge is -2.37. The van der Waals surface area contributed by atoms with Crippen LogP contribution in [0.1, 0.15) is 30.6 Å². The zero-order chi connectivity index (χ0) is 15.7. The Kier molecular flexibility index (Phi) is 3.83. The first-order valence-corrected chi connectivity index (χ1v) is 7.55. The standard InChI is InChI=1S/C17H20FN3O/c1-17(2)6-8-19-9-10-21(17)16(22)13-3-4-15(18)12-5-7-20-11-14(12)13/h3-5,7,11,19H,6,8-10H2,1-2H3. The minimum atomic E-state index is -0.328. The van der Waals surface area contributed by atoms with Crippen molar-refractivity contribution in [3.63, 3.8) is 0 Å². The van der Waals surface area contributed by atoms with Gasteiger partial charge in [0.1, 0.15) is 5.82 Å². The summed E-state index contributed by atoms with van der Waals surface area (Å²) < 4.78 is 13.9. The van der Waals surface area contributed by atoms with Gasteiger partial charge in [-0.1, -0.05) is 0 Å². The molecule has 1 fully saturated rings. The van der Waals surface area contributed by atoms with Crippen LogP contribution < -0.4 is 5.32 Å². The summed E-state index contributed by atoms with van der Waals surface area (Å²) in [4.78, 5) is 19.0. The van der Waals surface area contributed by atoms with E-state index >= 15 is 0 Å². The Morgan fingerprint density at radius 3 is 2.91 bits per heavy atom. The van der Waals surface area contributed by atoms with Crippen LogP contribution in [-0.4, -0.2) is 41.0 Å². The lowest BCUT2D eigenvalue weighted by molar-refractivity contribution is 0.0570. The summed E-state index contributed by atoms with van der Waals surface area (Å²) in [6.07, 6.45) is 3.99. The van der Waals surface area contributed by atoms with Gasteiger partial charge < -0.3 is 10.2 Å². The number of benzene rings is 1. The van der Waals surface area contributed by atoms with E-state index < -0.39 is 0 Å². The van der Waals surface area contributed by atoms with E-state index in [1.807, 2.05) is 4.90 Å². The number of pyridine rings is 1. The molecule has 22 heavy (non-hydrogen) atoms. The van der Waals surface area contributed by atoms with Crippen LogP contribution in [0.25, 0.3) is 10.8 Å². The number of aromatic nitrogens is 1. The Hall–Kier alpha value is -2.01. The number of hydrogen-bond acceptors (Lipinski definition) is 3. The fourth-order valence-electron chi connectivity index (χ4n) is 3.01. The van der Waals surface area contributed by atoms with E-state index in [0.29, 0.717) is 22.9 Å². The number of fused-ring (bicyclic) bond motifs is 1. The first kappa shape index (κ1) is 14.9. The normalized spacial score (nSPS) is 18.2. The van der Waals surface area contributed by atoms with Crippen LogP contribution >= 0.6 is 0 Å². The highest BCUT2D eigenvalue weighted by Crippen LogP contribution is 2.27. The lowest BCUT2D eigenvalue weighted by Crippen LogP contribution is -2.48. The second kappa shape index (κ2) is 5.65. The molecule has 2 aromatic rings. The topological polar surface area (TPSA) is 45.2 Å². The predicted octanol–water partition coefficient (Wildman–Crippen LogP) is 2.59. The molecule has 0 unspecified atom stereocenters. The van der Waals surface area contributed by atoms with Gasteiger partial charge in [0.25, 0.3) is 5.91 Å². The number of amides is 1. The third kappa shape index (κ3) is 2.57. The van der Waals surface area contributed by atoms with Gasteiger partial charge in [-0.25, -0.2) is 4.39 Å². The van der Waals surface area contributed by atoms with E-state index in [-0.39, 0.29) is 17.3 Å². The van der Waals surface area contributed by atoms with Crippen molar-refractivity contribution in [1.29, 1.82) is 0 Å². The van der Waals surface area contributed by atoms with Crippen molar-refractivity contribution in [3.05, 3.63) is 42.0 Å². The molecule has 0 aliphatic carbocycles. The van der Waals surface area contributed by atoms with E-state index in [1.165, 1.54) is 6.07 Å². The zero-order valence-corrected chi connectivity index (χ0v) is 12.9. The van der Waals surface area contributed by atoms with Crippen LogP contribution in [0, 0.1) is 5.82 Å². The molecule has 1 aliphatic heterocycles. The molecule has 0 radical (unpaired) electrons. The molecule has 3 rings (SSSR count). The third-order valence-electron chi connectivity index (χ3n) is 4.40. The number of nitrogens with one attached hydrogen (secondary N) is 1. The van der Waals surface area contributed by atoms with Gasteiger partial charge >= 0.3 is 0 Å². The second-order valence-electron chi connectivity index (χ2n) is 6.29. The molecule has 0 spiro atoms. The van der Waals surface area contributed by atoms with Gasteiger partial charge in [0.15, 0.2) is 0 Å². The Morgan fingerprint density at radius 2 is 2.09 bits per heavy atom. The molecule has 1 aromatic heterocycles. The summed E-state index contributed by atoms with van der Waals surface area (Å²) in [6, 6.07) is 4.53. The van der Waals surface area contributed by atoms with Crippen LogP contribution in [-0.2, 0) is 0 Å². The van der Waals surface area contributed by atoms with Gasteiger partial charge in [-0.2, -0.15) is 0 Å². The van der Waals surface area contributed by atoms with Gasteiger partial charge in [-0.3, -0.25) is 9.78 Å². The molecule has 1 saturated heterocycles. The molecule has 2 heterocycles. The maximum atomic E-state index is 13.9. The number of halogens is 1. The highest BCUT2D eigenvalue weighted by molar-refractivity contribution is 6.07. The number of hydrogen-bond donors (Lipinski definition) is 1. The molecule has 0 atom stereocenters. The minimum Gasteiger partial charge on any atom is -0.332 e. The molecular weight excluding hydrogens is 281 g/mol. The molecule has 0 bridgehead atoms. The quantitative estimate of drug-likeness (QED) is 0.880. The van der Waals surface area contributed by atoms with Gasteiger partial charge in [-0.05, 0) is 45.0 Å². The summed E-state index contributed by atoms with van der Waals surface area (Å²) in [5, 5.41) is 4.33. The number of carbonyl (C=O) groups excluding carboxylic acids is 1. The summed E-state index contributed by atoms with van der Waals surface area (Å²) in [5.74, 6) is -0.391. The summed E-state index contributed by atoms with van der Waals surface area (Å²) in [7, 11) is 0. The number of nitrogens with zero attached hydrogens (tertiary/aromatic N) is 2. The first-order valence-electron chi connectivity index (χ1n) is 7.55. The van der Waals surface area contributed by atoms with Crippen molar-refractivity contribution in [3.8, 4) is 0 Å². The average Bonchev–Trinajstić information content (AvgIpc) is 2.68. The summed E-state index contributed by atoms with van der Waals surface area (Å²) in [5.41, 5.74) is 0.281. The predicted molar refractivity (Wildman–Crippen MR) is 84.3 cm³/mol. The van der Waals surface area contributed by atoms with Gasteiger partial charge in [-0.15, -0.1) is 0 Å². The van der Waals surface area contributed by atoms with E-state index in [2.05, 4.69) is 24.1 Å². The fourth-order valence-corrected chi connectivity index (χ4v) is 3.01. The Labute approximate surface area is 129 Å². The molecule has 1 N–H and O–H groups in total. The molecule has 1 aromatic carbocycles. The van der Waals surface area contributed by atoms with Gasteiger partial charge in [0, 0.05) is 47.4 Å². The summed E-state index contributed by atoms with van der Waals surface area (Å²) >= 11 is 0. The van der Waals surface area contributed by atoms with Crippen molar-refractivity contribution in [2.75, 3.05) is 19.6 Å². The SMILES string of the molecule is CC1(C)CCNCCN1C(=O)c1ccc(F)c2ccncc12. The van der Waals surface area contributed by atoms with Crippen molar-refractivity contribution < 1.29 is 9.18 Å². The van der Waals surface area contributed by atoms with Crippen molar-refractivity contribution in [2.24, 2.45) is 0 Å². The first-order chi connectivity index (χ1) is 10.5. The molecule has 116 valence electrons. The minimum absolute atomic E-state index is 0.0632. The maximum absolute atomic E-state index is 13.9. The lowest BCUT2D eigenvalue weighted by atomic mass is 9.96. The van der Waals surface area contributed by atoms with Gasteiger partial charge in [0.05, 0.1) is 0 Å². The zero-order valence-electron chi connectivity index (χ0n) is 12.9. The summed E-state index contributed by atoms with van der Waals surface area (Å²) in [6.45, 7) is 6.45. The van der Waals surface area contributed by atoms with E-state index in [0.717, 1.165) is 19.5 Å². The smallest absolute Gasteiger partial charge is 0.255 e. The van der Waals surface area contributed by atoms with E-state index in [1.54, 1.807) is 24.5 Å². The van der Waals surface area contributed by atoms with Crippen LogP contribution in [0.15, 0.2) is 30.6 Å². The van der Waals surface area contributed by atoms with Crippen LogP contribution in [0.2, 0.25) is 0 Å². The van der Waals surface area contributed by atoms with Crippen LogP contribution in [0.5, 0.6) is 0 Å². The van der Waals surface area contributed by atoms with Crippen molar-refractivity contribution >= 4 is 16.7 Å². The van der Waals surface area contributed by atoms with Crippen LogP contribution in [0.4, 0.5) is 4.39 Å². The Balaban J connectivity index is 2.07. The average molecular weight is 301 g/mol. The largest absolute Gasteiger partial charge is 0.332 e. The molecule has 5 heteroatoms. The van der Waals surface area contributed by atoms with E-state index in [4.69, 9.17) is 0 Å². The Morgan fingerprint density at radius 1 is 1.27 bits per heavy atom. The molecule has 1 aliphatic rings. The molecule has 1 amide bonds. The molecule has 0 saturated carbocycles. The Bertz CT molecular complexity index is 714. The highest BCUT2D eigenvalue weighted by atomic mass is 19.1. The number of rotatable bonds is 1. The maximum Gasteiger partial charge on any atom is 0.255 e. The second-order valence-corrected chi connectivity index (χ2v) is 6.29.